The van der Waals surface area contributed by atoms with Crippen molar-refractivity contribution in [2.24, 2.45) is 0 Å². The lowest BCUT2D eigenvalue weighted by molar-refractivity contribution is 0.343. The third-order valence-corrected chi connectivity index (χ3v) is 2.22. The van der Waals surface area contributed by atoms with Gasteiger partial charge in [0.2, 0.25) is 0 Å². The molecule has 0 aliphatic heterocycles. The van der Waals surface area contributed by atoms with Gasteiger partial charge in [-0.15, -0.1) is 11.3 Å². The quantitative estimate of drug-likeness (QED) is 0.730. The van der Waals surface area contributed by atoms with E-state index in [4.69, 9.17) is 16.7 Å². The SMILES string of the molecule is OC/C=C/c1cc(Cl)cs1. The third-order valence-electron chi connectivity index (χ3n) is 0.975. The van der Waals surface area contributed by atoms with Gasteiger partial charge >= 0.3 is 0 Å². The van der Waals surface area contributed by atoms with Crippen molar-refractivity contribution in [2.45, 2.75) is 0 Å². The summed E-state index contributed by atoms with van der Waals surface area (Å²) in [4.78, 5) is 1.07. The molecule has 0 unspecified atom stereocenters. The lowest BCUT2D eigenvalue weighted by Crippen LogP contribution is -1.68. The van der Waals surface area contributed by atoms with E-state index in [0.29, 0.717) is 0 Å². The number of halogens is 1. The van der Waals surface area contributed by atoms with Crippen LogP contribution in [0.25, 0.3) is 6.08 Å². The van der Waals surface area contributed by atoms with Crippen molar-refractivity contribution in [3.8, 4) is 0 Å². The molecule has 0 radical (unpaired) electrons. The van der Waals surface area contributed by atoms with Crippen molar-refractivity contribution in [3.05, 3.63) is 27.4 Å². The van der Waals surface area contributed by atoms with Crippen LogP contribution < -0.4 is 0 Å². The molecule has 0 saturated carbocycles. The molecule has 0 amide bonds. The van der Waals surface area contributed by atoms with Crippen LogP contribution in [0.5, 0.6) is 0 Å². The molecule has 0 bridgehead atoms. The summed E-state index contributed by atoms with van der Waals surface area (Å²) >= 11 is 7.21. The van der Waals surface area contributed by atoms with Gasteiger partial charge in [-0.05, 0) is 12.1 Å². The average molecular weight is 175 g/mol. The van der Waals surface area contributed by atoms with E-state index in [1.807, 2.05) is 17.5 Å². The van der Waals surface area contributed by atoms with E-state index in [1.165, 1.54) is 0 Å². The Morgan fingerprint density at radius 2 is 2.50 bits per heavy atom. The lowest BCUT2D eigenvalue weighted by atomic mass is 10.4. The van der Waals surface area contributed by atoms with Crippen LogP contribution in [0.3, 0.4) is 0 Å². The van der Waals surface area contributed by atoms with Crippen molar-refractivity contribution in [2.75, 3.05) is 6.61 Å². The van der Waals surface area contributed by atoms with Gasteiger partial charge in [0.05, 0.1) is 11.6 Å². The smallest absolute Gasteiger partial charge is 0.0615 e. The molecule has 1 heterocycles. The lowest BCUT2D eigenvalue weighted by Gasteiger charge is -1.79. The molecule has 3 heteroatoms. The van der Waals surface area contributed by atoms with Crippen molar-refractivity contribution in [1.29, 1.82) is 0 Å². The molecule has 1 aromatic heterocycles. The van der Waals surface area contributed by atoms with E-state index in [9.17, 15) is 0 Å². The Balaban J connectivity index is 2.67. The molecular weight excluding hydrogens is 168 g/mol. The standard InChI is InChI=1S/C7H7ClOS/c8-6-4-7(10-5-6)2-1-3-9/h1-2,4-5,9H,3H2/b2-1+. The van der Waals surface area contributed by atoms with Gasteiger partial charge in [-0.1, -0.05) is 17.7 Å². The Labute approximate surface area is 68.6 Å². The molecule has 10 heavy (non-hydrogen) atoms. The van der Waals surface area contributed by atoms with Crippen LogP contribution in [0.4, 0.5) is 0 Å². The Kier molecular flexibility index (Phi) is 2.93. The Morgan fingerprint density at radius 1 is 1.70 bits per heavy atom. The summed E-state index contributed by atoms with van der Waals surface area (Å²) in [6.45, 7) is 0.0789. The summed E-state index contributed by atoms with van der Waals surface area (Å²) < 4.78 is 0. The zero-order valence-corrected chi connectivity index (χ0v) is 6.82. The highest BCUT2D eigenvalue weighted by Crippen LogP contribution is 2.19. The molecule has 0 atom stereocenters. The molecule has 0 aliphatic carbocycles. The second-order valence-corrected chi connectivity index (χ2v) is 3.13. The second-order valence-electron chi connectivity index (χ2n) is 1.75. The molecule has 1 nitrogen and oxygen atoms in total. The summed E-state index contributed by atoms with van der Waals surface area (Å²) in [5, 5.41) is 11.0. The first kappa shape index (κ1) is 7.79. The number of aliphatic hydroxyl groups excluding tert-OH is 1. The maximum absolute atomic E-state index is 8.42. The van der Waals surface area contributed by atoms with Gasteiger partial charge in [0.1, 0.15) is 0 Å². The topological polar surface area (TPSA) is 20.2 Å². The molecule has 0 aromatic carbocycles. The number of thiophene rings is 1. The predicted molar refractivity (Wildman–Crippen MR) is 45.4 cm³/mol. The van der Waals surface area contributed by atoms with Crippen molar-refractivity contribution in [3.63, 3.8) is 0 Å². The number of rotatable bonds is 2. The fourth-order valence-electron chi connectivity index (χ4n) is 0.585. The van der Waals surface area contributed by atoms with Crippen molar-refractivity contribution in [1.82, 2.24) is 0 Å². The molecular formula is C7H7ClOS. The minimum Gasteiger partial charge on any atom is -0.392 e. The van der Waals surface area contributed by atoms with Gasteiger partial charge in [-0.2, -0.15) is 0 Å². The van der Waals surface area contributed by atoms with Crippen LogP contribution in [-0.2, 0) is 0 Å². The van der Waals surface area contributed by atoms with Crippen LogP contribution in [0.1, 0.15) is 4.88 Å². The van der Waals surface area contributed by atoms with Gasteiger partial charge in [0, 0.05) is 10.3 Å². The first-order valence-electron chi connectivity index (χ1n) is 2.84. The molecule has 1 rings (SSSR count). The minimum atomic E-state index is 0.0789. The molecule has 0 aliphatic rings. The maximum Gasteiger partial charge on any atom is 0.0615 e. The van der Waals surface area contributed by atoms with Crippen LogP contribution in [0.15, 0.2) is 17.5 Å². The average Bonchev–Trinajstić information content (AvgIpc) is 2.31. The van der Waals surface area contributed by atoms with Crippen LogP contribution in [-0.4, -0.2) is 11.7 Å². The molecule has 54 valence electrons. The van der Waals surface area contributed by atoms with E-state index in [0.717, 1.165) is 9.90 Å². The molecule has 0 fully saturated rings. The van der Waals surface area contributed by atoms with E-state index in [1.54, 1.807) is 17.4 Å². The molecule has 1 aromatic rings. The fraction of sp³-hybridized carbons (Fsp3) is 0.143. The van der Waals surface area contributed by atoms with Crippen LogP contribution in [0.2, 0.25) is 5.02 Å². The van der Waals surface area contributed by atoms with E-state index >= 15 is 0 Å². The van der Waals surface area contributed by atoms with Gasteiger partial charge in [0.25, 0.3) is 0 Å². The summed E-state index contributed by atoms with van der Waals surface area (Å²) in [6.07, 6.45) is 3.53. The summed E-state index contributed by atoms with van der Waals surface area (Å²) in [7, 11) is 0. The van der Waals surface area contributed by atoms with E-state index in [2.05, 4.69) is 0 Å². The highest BCUT2D eigenvalue weighted by molar-refractivity contribution is 7.11. The number of hydrogen-bond acceptors (Lipinski definition) is 2. The molecule has 0 saturated heterocycles. The van der Waals surface area contributed by atoms with E-state index in [-0.39, 0.29) is 6.61 Å². The Bertz CT molecular complexity index is 229. The second kappa shape index (κ2) is 3.76. The zero-order chi connectivity index (χ0) is 7.40. The third kappa shape index (κ3) is 2.14. The van der Waals surface area contributed by atoms with Crippen molar-refractivity contribution < 1.29 is 5.11 Å². The molecule has 1 N–H and O–H groups in total. The maximum atomic E-state index is 8.42. The first-order chi connectivity index (χ1) is 4.83. The Morgan fingerprint density at radius 3 is 3.00 bits per heavy atom. The first-order valence-corrected chi connectivity index (χ1v) is 4.10. The fourth-order valence-corrected chi connectivity index (χ4v) is 1.59. The van der Waals surface area contributed by atoms with Crippen LogP contribution >= 0.6 is 22.9 Å². The number of aliphatic hydroxyl groups is 1. The van der Waals surface area contributed by atoms with E-state index < -0.39 is 0 Å². The van der Waals surface area contributed by atoms with Crippen molar-refractivity contribution >= 4 is 29.0 Å². The highest BCUT2D eigenvalue weighted by Gasteiger charge is 1.90. The monoisotopic (exact) mass is 174 g/mol. The summed E-state index contributed by atoms with van der Waals surface area (Å²) in [5.41, 5.74) is 0. The summed E-state index contributed by atoms with van der Waals surface area (Å²) in [6, 6.07) is 1.86. The van der Waals surface area contributed by atoms with Crippen LogP contribution in [0, 0.1) is 0 Å². The van der Waals surface area contributed by atoms with Gasteiger partial charge in [-0.3, -0.25) is 0 Å². The van der Waals surface area contributed by atoms with Gasteiger partial charge in [0.15, 0.2) is 0 Å². The molecule has 0 spiro atoms. The number of hydrogen-bond donors (Lipinski definition) is 1. The largest absolute Gasteiger partial charge is 0.392 e. The summed E-state index contributed by atoms with van der Waals surface area (Å²) in [5.74, 6) is 0. The highest BCUT2D eigenvalue weighted by atomic mass is 35.5. The normalized spacial score (nSPS) is 11.0. The zero-order valence-electron chi connectivity index (χ0n) is 5.25. The van der Waals surface area contributed by atoms with Gasteiger partial charge < -0.3 is 5.11 Å². The Hall–Kier alpha value is -0.310. The predicted octanol–water partition coefficient (Wildman–Crippen LogP) is 2.41. The minimum absolute atomic E-state index is 0.0789. The van der Waals surface area contributed by atoms with Gasteiger partial charge in [-0.25, -0.2) is 0 Å².